The molecule has 0 unspecified atom stereocenters. The van der Waals surface area contributed by atoms with Crippen LogP contribution in [0.1, 0.15) is 5.56 Å². The minimum Gasteiger partial charge on any atom is -0.379 e. The van der Waals surface area contributed by atoms with Crippen molar-refractivity contribution in [2.24, 2.45) is 0 Å². The highest BCUT2D eigenvalue weighted by atomic mass is 16.6. The Hall–Kier alpha value is -2.78. The van der Waals surface area contributed by atoms with Crippen molar-refractivity contribution >= 4 is 17.3 Å². The molecule has 0 amide bonds. The van der Waals surface area contributed by atoms with E-state index in [-0.39, 0.29) is 11.5 Å². The van der Waals surface area contributed by atoms with E-state index in [0.717, 1.165) is 38.4 Å². The lowest BCUT2D eigenvalue weighted by Gasteiger charge is -2.26. The molecule has 1 aromatic heterocycles. The summed E-state index contributed by atoms with van der Waals surface area (Å²) >= 11 is 0. The normalized spacial score (nSPS) is 14.7. The van der Waals surface area contributed by atoms with Crippen molar-refractivity contribution in [1.29, 1.82) is 0 Å². The Balaban J connectivity index is 1.70. The van der Waals surface area contributed by atoms with E-state index in [2.05, 4.69) is 20.2 Å². The summed E-state index contributed by atoms with van der Waals surface area (Å²) in [5.41, 5.74) is 0.952. The van der Waals surface area contributed by atoms with Gasteiger partial charge in [0, 0.05) is 39.8 Å². The van der Waals surface area contributed by atoms with Crippen LogP contribution in [-0.4, -0.2) is 66.2 Å². The van der Waals surface area contributed by atoms with Gasteiger partial charge in [0.15, 0.2) is 0 Å². The topological polar surface area (TPSA) is 96.7 Å². The first-order valence-corrected chi connectivity index (χ1v) is 8.93. The molecule has 1 aliphatic heterocycles. The van der Waals surface area contributed by atoms with Crippen LogP contribution in [0.4, 0.5) is 17.3 Å². The van der Waals surface area contributed by atoms with Crippen molar-refractivity contribution in [3.8, 4) is 0 Å². The molecule has 3 rings (SSSR count). The fraction of sp³-hybridized carbons (Fsp3) is 0.444. The number of rotatable bonds is 8. The van der Waals surface area contributed by atoms with E-state index < -0.39 is 4.92 Å². The van der Waals surface area contributed by atoms with E-state index in [4.69, 9.17) is 4.74 Å². The highest BCUT2D eigenvalue weighted by Crippen LogP contribution is 2.31. The summed E-state index contributed by atoms with van der Waals surface area (Å²) in [7, 11) is 1.79. The maximum absolute atomic E-state index is 11.7. The average Bonchev–Trinajstić information content (AvgIpc) is 2.69. The summed E-state index contributed by atoms with van der Waals surface area (Å²) in [6.07, 6.45) is 1.36. The van der Waals surface area contributed by atoms with Crippen LogP contribution in [0.25, 0.3) is 0 Å². The number of anilines is 2. The van der Waals surface area contributed by atoms with E-state index in [1.54, 1.807) is 11.9 Å². The lowest BCUT2D eigenvalue weighted by atomic mass is 10.2. The number of hydrogen-bond donors (Lipinski definition) is 1. The molecule has 27 heavy (non-hydrogen) atoms. The molecule has 0 bridgehead atoms. The van der Waals surface area contributed by atoms with Gasteiger partial charge in [-0.05, 0) is 5.56 Å². The van der Waals surface area contributed by atoms with Gasteiger partial charge in [-0.1, -0.05) is 30.3 Å². The van der Waals surface area contributed by atoms with E-state index in [1.165, 1.54) is 6.33 Å². The molecule has 144 valence electrons. The largest absolute Gasteiger partial charge is 0.379 e. The monoisotopic (exact) mass is 372 g/mol. The van der Waals surface area contributed by atoms with Crippen LogP contribution in [0.15, 0.2) is 36.7 Å². The number of morpholine rings is 1. The molecule has 1 fully saturated rings. The van der Waals surface area contributed by atoms with Gasteiger partial charge in [0.25, 0.3) is 0 Å². The molecule has 1 aromatic carbocycles. The van der Waals surface area contributed by atoms with E-state index in [0.29, 0.717) is 18.9 Å². The SMILES string of the molecule is CN(Cc1ccccc1)c1ncnc(NCCN2CCOCC2)c1[N+](=O)[O-]. The molecule has 9 nitrogen and oxygen atoms in total. The Morgan fingerprint density at radius 1 is 1.26 bits per heavy atom. The first-order chi connectivity index (χ1) is 13.1. The van der Waals surface area contributed by atoms with Crippen LogP contribution in [0.3, 0.4) is 0 Å². The summed E-state index contributed by atoms with van der Waals surface area (Å²) in [4.78, 5) is 23.6. The third-order valence-electron chi connectivity index (χ3n) is 4.43. The molecule has 1 aliphatic rings. The van der Waals surface area contributed by atoms with Crippen LogP contribution in [0, 0.1) is 10.1 Å². The Kier molecular flexibility index (Phi) is 6.50. The zero-order valence-electron chi connectivity index (χ0n) is 15.4. The third kappa shape index (κ3) is 5.11. The molecule has 0 spiro atoms. The summed E-state index contributed by atoms with van der Waals surface area (Å²) in [6.45, 7) is 5.06. The van der Waals surface area contributed by atoms with Gasteiger partial charge in [-0.15, -0.1) is 0 Å². The van der Waals surface area contributed by atoms with Crippen molar-refractivity contribution in [2.75, 3.05) is 56.7 Å². The first-order valence-electron chi connectivity index (χ1n) is 8.93. The highest BCUT2D eigenvalue weighted by Gasteiger charge is 2.25. The van der Waals surface area contributed by atoms with Crippen LogP contribution in [0.2, 0.25) is 0 Å². The minimum absolute atomic E-state index is 0.0992. The van der Waals surface area contributed by atoms with Crippen molar-refractivity contribution in [1.82, 2.24) is 14.9 Å². The van der Waals surface area contributed by atoms with Crippen LogP contribution >= 0.6 is 0 Å². The highest BCUT2D eigenvalue weighted by molar-refractivity contribution is 5.70. The van der Waals surface area contributed by atoms with E-state index >= 15 is 0 Å². The Morgan fingerprint density at radius 3 is 2.70 bits per heavy atom. The molecular weight excluding hydrogens is 348 g/mol. The lowest BCUT2D eigenvalue weighted by molar-refractivity contribution is -0.383. The zero-order valence-corrected chi connectivity index (χ0v) is 15.4. The maximum atomic E-state index is 11.7. The summed E-state index contributed by atoms with van der Waals surface area (Å²) < 4.78 is 5.33. The second-order valence-corrected chi connectivity index (χ2v) is 6.37. The zero-order chi connectivity index (χ0) is 19.1. The molecule has 0 aliphatic carbocycles. The van der Waals surface area contributed by atoms with E-state index in [1.807, 2.05) is 30.3 Å². The Bertz CT molecular complexity index is 752. The molecule has 1 saturated heterocycles. The third-order valence-corrected chi connectivity index (χ3v) is 4.43. The molecule has 0 saturated carbocycles. The average molecular weight is 372 g/mol. The van der Waals surface area contributed by atoms with Gasteiger partial charge in [0.2, 0.25) is 11.6 Å². The maximum Gasteiger partial charge on any atom is 0.353 e. The number of nitrogens with zero attached hydrogens (tertiary/aromatic N) is 5. The minimum atomic E-state index is -0.423. The predicted molar refractivity (Wildman–Crippen MR) is 103 cm³/mol. The standard InChI is InChI=1S/C18H24N6O3/c1-22(13-15-5-3-2-4-6-15)18-16(24(25)26)17(20-14-21-18)19-7-8-23-9-11-27-12-10-23/h2-6,14H,7-13H2,1H3,(H,19,20,21). The molecule has 0 radical (unpaired) electrons. The summed E-state index contributed by atoms with van der Waals surface area (Å²) in [6, 6.07) is 9.77. The quantitative estimate of drug-likeness (QED) is 0.553. The van der Waals surface area contributed by atoms with Gasteiger partial charge in [0.1, 0.15) is 6.33 Å². The number of ether oxygens (including phenoxy) is 1. The number of nitrogens with one attached hydrogen (secondary N) is 1. The second kappa shape index (κ2) is 9.24. The number of benzene rings is 1. The molecule has 0 atom stereocenters. The van der Waals surface area contributed by atoms with Gasteiger partial charge in [-0.2, -0.15) is 0 Å². The van der Waals surface area contributed by atoms with Gasteiger partial charge in [0.05, 0.1) is 18.1 Å². The molecule has 9 heteroatoms. The first kappa shape index (κ1) is 19.0. The van der Waals surface area contributed by atoms with Gasteiger partial charge in [-0.3, -0.25) is 15.0 Å². The molecule has 2 heterocycles. The van der Waals surface area contributed by atoms with Crippen molar-refractivity contribution in [3.63, 3.8) is 0 Å². The Morgan fingerprint density at radius 2 is 2.00 bits per heavy atom. The summed E-state index contributed by atoms with van der Waals surface area (Å²) in [5, 5.41) is 14.8. The fourth-order valence-corrected chi connectivity index (χ4v) is 3.04. The number of aromatic nitrogens is 2. The van der Waals surface area contributed by atoms with Gasteiger partial charge < -0.3 is 15.0 Å². The number of nitro groups is 1. The van der Waals surface area contributed by atoms with Crippen LogP contribution < -0.4 is 10.2 Å². The summed E-state index contributed by atoms with van der Waals surface area (Å²) in [5.74, 6) is 0.547. The molecule has 2 aromatic rings. The molecule has 1 N–H and O–H groups in total. The van der Waals surface area contributed by atoms with Gasteiger partial charge in [-0.25, -0.2) is 9.97 Å². The second-order valence-electron chi connectivity index (χ2n) is 6.37. The lowest BCUT2D eigenvalue weighted by Crippen LogP contribution is -2.39. The van der Waals surface area contributed by atoms with Crippen LogP contribution in [0.5, 0.6) is 0 Å². The van der Waals surface area contributed by atoms with E-state index in [9.17, 15) is 10.1 Å². The van der Waals surface area contributed by atoms with Crippen molar-refractivity contribution in [2.45, 2.75) is 6.54 Å². The predicted octanol–water partition coefficient (Wildman–Crippen LogP) is 1.77. The smallest absolute Gasteiger partial charge is 0.353 e. The Labute approximate surface area is 158 Å². The number of hydrogen-bond acceptors (Lipinski definition) is 8. The molecular formula is C18H24N6O3. The van der Waals surface area contributed by atoms with Gasteiger partial charge >= 0.3 is 5.69 Å². The van der Waals surface area contributed by atoms with Crippen molar-refractivity contribution < 1.29 is 9.66 Å². The fourth-order valence-electron chi connectivity index (χ4n) is 3.04. The van der Waals surface area contributed by atoms with Crippen LogP contribution in [-0.2, 0) is 11.3 Å². The van der Waals surface area contributed by atoms with Crippen molar-refractivity contribution in [3.05, 3.63) is 52.3 Å².